The number of halogens is 1. The molecule has 4 aromatic rings. The zero-order valence-corrected chi connectivity index (χ0v) is 35.1. The van der Waals surface area contributed by atoms with Crippen LogP contribution in [0, 0.1) is 0 Å². The Labute approximate surface area is 361 Å². The second-order valence-corrected chi connectivity index (χ2v) is 15.3. The highest BCUT2D eigenvalue weighted by Crippen LogP contribution is 2.17. The fourth-order valence-electron chi connectivity index (χ4n) is 6.58. The molecule has 326 valence electrons. The highest BCUT2D eigenvalue weighted by Gasteiger charge is 2.31. The lowest BCUT2D eigenvalue weighted by Gasteiger charge is -2.26. The van der Waals surface area contributed by atoms with Gasteiger partial charge in [-0.15, -0.1) is 0 Å². The molecule has 5 amide bonds. The van der Waals surface area contributed by atoms with Crippen LogP contribution in [0.5, 0.6) is 0 Å². The van der Waals surface area contributed by atoms with Crippen molar-refractivity contribution in [3.05, 3.63) is 119 Å². The van der Waals surface area contributed by atoms with E-state index in [2.05, 4.69) is 26.3 Å². The van der Waals surface area contributed by atoms with Gasteiger partial charge in [-0.25, -0.2) is 0 Å². The van der Waals surface area contributed by atoms with Gasteiger partial charge in [0.25, 0.3) is 0 Å². The molecule has 0 saturated heterocycles. The van der Waals surface area contributed by atoms with Gasteiger partial charge in [-0.3, -0.25) is 29.0 Å². The third-order valence-electron chi connectivity index (χ3n) is 9.88. The van der Waals surface area contributed by atoms with Crippen LogP contribution in [-0.4, -0.2) is 79.4 Å². The Bertz CT molecular complexity index is 2060. The SMILES string of the molecule is NCCCCCCC(=O)N[C@@H](COCc1ccccc1)C(=O)N[C@H](Cc1ccc(Cl)cc1)C(=O)N[C@@H](CCCN=C(N)N)C(=O)N[C@@H](Cc1ccc2ccccc2c1)C(N)=O. The van der Waals surface area contributed by atoms with Crippen LogP contribution in [0.4, 0.5) is 0 Å². The smallest absolute Gasteiger partial charge is 0.245 e. The number of nitrogens with one attached hydrogen (secondary N) is 4. The van der Waals surface area contributed by atoms with Crippen LogP contribution in [0.15, 0.2) is 102 Å². The van der Waals surface area contributed by atoms with Gasteiger partial charge in [0.1, 0.15) is 24.2 Å². The third-order valence-corrected chi connectivity index (χ3v) is 10.1. The van der Waals surface area contributed by atoms with Crippen molar-refractivity contribution in [3.63, 3.8) is 0 Å². The molecule has 0 fully saturated rings. The number of aliphatic imine (C=N–C) groups is 1. The number of ether oxygens (including phenoxy) is 1. The van der Waals surface area contributed by atoms with E-state index in [4.69, 9.17) is 39.3 Å². The van der Waals surface area contributed by atoms with E-state index >= 15 is 0 Å². The van der Waals surface area contributed by atoms with Gasteiger partial charge in [0.2, 0.25) is 29.5 Å². The number of nitrogens with two attached hydrogens (primary N) is 4. The van der Waals surface area contributed by atoms with Crippen LogP contribution in [0.1, 0.15) is 61.6 Å². The number of unbranched alkanes of at least 4 members (excludes halogenated alkanes) is 3. The highest BCUT2D eigenvalue weighted by atomic mass is 35.5. The summed E-state index contributed by atoms with van der Waals surface area (Å²) in [5.74, 6) is -3.30. The van der Waals surface area contributed by atoms with E-state index in [9.17, 15) is 24.0 Å². The number of benzene rings is 4. The fourth-order valence-corrected chi connectivity index (χ4v) is 6.71. The summed E-state index contributed by atoms with van der Waals surface area (Å²) in [5, 5.41) is 13.5. The summed E-state index contributed by atoms with van der Waals surface area (Å²) in [5.41, 5.74) is 24.7. The number of hydrogen-bond donors (Lipinski definition) is 8. The zero-order chi connectivity index (χ0) is 44.0. The number of primary amides is 1. The maximum absolute atomic E-state index is 14.3. The van der Waals surface area contributed by atoms with Gasteiger partial charge in [-0.1, -0.05) is 109 Å². The summed E-state index contributed by atoms with van der Waals surface area (Å²) in [7, 11) is 0. The van der Waals surface area contributed by atoms with Crippen LogP contribution < -0.4 is 44.2 Å². The van der Waals surface area contributed by atoms with E-state index < -0.39 is 47.8 Å². The van der Waals surface area contributed by atoms with E-state index in [1.807, 2.05) is 72.8 Å². The zero-order valence-electron chi connectivity index (χ0n) is 34.3. The summed E-state index contributed by atoms with van der Waals surface area (Å²) in [6.45, 7) is 0.719. The monoisotopic (exact) mass is 855 g/mol. The van der Waals surface area contributed by atoms with E-state index in [0.29, 0.717) is 23.6 Å². The fraction of sp³-hybridized carbons (Fsp3) is 0.378. The maximum atomic E-state index is 14.3. The summed E-state index contributed by atoms with van der Waals surface area (Å²) in [6, 6.07) is 24.8. The number of carbonyl (C=O) groups excluding carboxylic acids is 5. The van der Waals surface area contributed by atoms with Crippen molar-refractivity contribution in [2.24, 2.45) is 27.9 Å². The number of nitrogens with zero attached hydrogens (tertiary/aromatic N) is 1. The molecule has 61 heavy (non-hydrogen) atoms. The van der Waals surface area contributed by atoms with Gasteiger partial charge < -0.3 is 48.9 Å². The molecule has 0 aliphatic heterocycles. The Morgan fingerprint density at radius 2 is 1.21 bits per heavy atom. The molecule has 0 aromatic heterocycles. The van der Waals surface area contributed by atoms with Crippen molar-refractivity contribution >= 4 is 57.9 Å². The number of rotatable bonds is 26. The average molecular weight is 856 g/mol. The summed E-state index contributed by atoms with van der Waals surface area (Å²) in [4.78, 5) is 72.2. The molecular formula is C45H58ClN9O6. The maximum Gasteiger partial charge on any atom is 0.245 e. The predicted octanol–water partition coefficient (Wildman–Crippen LogP) is 2.88. The minimum Gasteiger partial charge on any atom is -0.374 e. The molecule has 4 atom stereocenters. The minimum atomic E-state index is -1.24. The predicted molar refractivity (Wildman–Crippen MR) is 238 cm³/mol. The van der Waals surface area contributed by atoms with Crippen LogP contribution >= 0.6 is 11.6 Å². The van der Waals surface area contributed by atoms with Crippen LogP contribution in [0.3, 0.4) is 0 Å². The number of guanidine groups is 1. The number of hydrogen-bond acceptors (Lipinski definition) is 8. The minimum absolute atomic E-state index is 0.00433. The van der Waals surface area contributed by atoms with Gasteiger partial charge in [0.15, 0.2) is 5.96 Å². The molecule has 4 aromatic carbocycles. The lowest BCUT2D eigenvalue weighted by atomic mass is 10.0. The summed E-state index contributed by atoms with van der Waals surface area (Å²) >= 11 is 6.15. The molecule has 4 rings (SSSR count). The van der Waals surface area contributed by atoms with Crippen molar-refractivity contribution < 1.29 is 28.7 Å². The Morgan fingerprint density at radius 3 is 1.92 bits per heavy atom. The molecule has 0 radical (unpaired) electrons. The van der Waals surface area contributed by atoms with Gasteiger partial charge in [0, 0.05) is 30.8 Å². The Kier molecular flexibility index (Phi) is 20.0. The largest absolute Gasteiger partial charge is 0.374 e. The van der Waals surface area contributed by atoms with Crippen LogP contribution in [-0.2, 0) is 48.2 Å². The topological polar surface area (TPSA) is 259 Å². The first-order valence-corrected chi connectivity index (χ1v) is 20.9. The molecule has 0 unspecified atom stereocenters. The quantitative estimate of drug-likeness (QED) is 0.0262. The third kappa shape index (κ3) is 17.2. The number of amides is 5. The first-order chi connectivity index (χ1) is 29.4. The van der Waals surface area contributed by atoms with Gasteiger partial charge >= 0.3 is 0 Å². The van der Waals surface area contributed by atoms with Crippen LogP contribution in [0.2, 0.25) is 5.02 Å². The Morgan fingerprint density at radius 1 is 0.607 bits per heavy atom. The van der Waals surface area contributed by atoms with Crippen LogP contribution in [0.25, 0.3) is 10.8 Å². The van der Waals surface area contributed by atoms with Gasteiger partial charge in [0.05, 0.1) is 13.2 Å². The summed E-state index contributed by atoms with van der Waals surface area (Å²) < 4.78 is 5.90. The van der Waals surface area contributed by atoms with Gasteiger partial charge in [-0.2, -0.15) is 0 Å². The highest BCUT2D eigenvalue weighted by molar-refractivity contribution is 6.30. The second-order valence-electron chi connectivity index (χ2n) is 14.8. The summed E-state index contributed by atoms with van der Waals surface area (Å²) in [6.07, 6.45) is 3.77. The molecule has 0 aliphatic carbocycles. The standard InChI is InChI=1S/C45H58ClN9O6/c46-35-21-18-30(19-22-35)26-38(55-44(60)39(29-61-28-31-11-4-3-5-12-31)52-40(56)16-6-1-2-9-23-47)43(59)53-36(15-10-24-51-45(49)50)42(58)54-37(41(48)57)27-32-17-20-33-13-7-8-14-34(33)25-32/h3-5,7-8,11-14,17-22,25,36-39H,1-2,6,9-10,15-16,23-24,26-29,47H2,(H2,48,57)(H,52,56)(H,53,59)(H,54,58)(H,55,60)(H4,49,50,51)/t36-,37-,38+,39-/m0/s1. The van der Waals surface area contributed by atoms with Crippen molar-refractivity contribution in [1.82, 2.24) is 21.3 Å². The van der Waals surface area contributed by atoms with Crippen molar-refractivity contribution in [2.75, 3.05) is 19.7 Å². The Balaban J connectivity index is 1.55. The molecule has 16 heteroatoms. The first kappa shape index (κ1) is 47.6. The van der Waals surface area contributed by atoms with E-state index in [1.165, 1.54) is 0 Å². The van der Waals surface area contributed by atoms with Crippen molar-refractivity contribution in [1.29, 1.82) is 0 Å². The molecule has 0 bridgehead atoms. The normalized spacial score (nSPS) is 13.0. The number of carbonyl (C=O) groups is 5. The van der Waals surface area contributed by atoms with E-state index in [0.717, 1.165) is 41.2 Å². The van der Waals surface area contributed by atoms with Crippen molar-refractivity contribution in [3.8, 4) is 0 Å². The lowest BCUT2D eigenvalue weighted by Crippen LogP contribution is -2.59. The first-order valence-electron chi connectivity index (χ1n) is 20.5. The lowest BCUT2D eigenvalue weighted by molar-refractivity contribution is -0.135. The molecule has 12 N–H and O–H groups in total. The Hall–Kier alpha value is -6.03. The molecular weight excluding hydrogens is 798 g/mol. The van der Waals surface area contributed by atoms with E-state index in [-0.39, 0.29) is 63.7 Å². The molecule has 0 saturated carbocycles. The number of fused-ring (bicyclic) bond motifs is 1. The molecule has 0 heterocycles. The second kappa shape index (κ2) is 25.6. The van der Waals surface area contributed by atoms with Crippen molar-refractivity contribution in [2.45, 2.75) is 88.6 Å². The molecule has 0 spiro atoms. The average Bonchev–Trinajstić information content (AvgIpc) is 3.24. The molecule has 0 aliphatic rings. The molecule has 15 nitrogen and oxygen atoms in total. The van der Waals surface area contributed by atoms with Gasteiger partial charge in [-0.05, 0) is 71.8 Å². The van der Waals surface area contributed by atoms with E-state index in [1.54, 1.807) is 24.3 Å².